The van der Waals surface area contributed by atoms with Crippen LogP contribution in [-0.4, -0.2) is 40.1 Å². The third-order valence-electron chi connectivity index (χ3n) is 5.16. The average Bonchev–Trinajstić information content (AvgIpc) is 3.15. The van der Waals surface area contributed by atoms with Gasteiger partial charge in [-0.2, -0.15) is 0 Å². The maximum absolute atomic E-state index is 12.8. The monoisotopic (exact) mass is 299 g/mol. The second-order valence-electron chi connectivity index (χ2n) is 6.29. The van der Waals surface area contributed by atoms with Gasteiger partial charge in [-0.25, -0.2) is 0 Å². The van der Waals surface area contributed by atoms with E-state index in [4.69, 9.17) is 4.74 Å². The van der Waals surface area contributed by atoms with Crippen molar-refractivity contribution < 1.29 is 19.4 Å². The number of rotatable bonds is 3. The zero-order valence-electron chi connectivity index (χ0n) is 12.2. The second kappa shape index (κ2) is 4.43. The molecule has 22 heavy (non-hydrogen) atoms. The van der Waals surface area contributed by atoms with Crippen LogP contribution >= 0.6 is 0 Å². The van der Waals surface area contributed by atoms with Crippen molar-refractivity contribution in [2.75, 3.05) is 6.54 Å². The minimum Gasteiger partial charge on any atom is -0.481 e. The topological polar surface area (TPSA) is 66.8 Å². The smallest absolute Gasteiger partial charge is 0.310 e. The highest BCUT2D eigenvalue weighted by Crippen LogP contribution is 2.53. The second-order valence-corrected chi connectivity index (χ2v) is 6.29. The van der Waals surface area contributed by atoms with E-state index in [2.05, 4.69) is 0 Å². The first kappa shape index (κ1) is 13.5. The summed E-state index contributed by atoms with van der Waals surface area (Å²) in [5, 5.41) is 9.45. The first-order chi connectivity index (χ1) is 10.5. The quantitative estimate of drug-likeness (QED) is 0.861. The Morgan fingerprint density at radius 1 is 1.41 bits per heavy atom. The van der Waals surface area contributed by atoms with Crippen molar-refractivity contribution in [1.29, 1.82) is 0 Å². The van der Waals surface area contributed by atoms with E-state index in [1.54, 1.807) is 11.0 Å². The third-order valence-corrected chi connectivity index (χ3v) is 5.16. The SMILES string of the molecule is C[C@H](c1ccccc1)N1C[C@@]23C=C[C@@H](O2)[C@H](C(=O)O)[C@@H]3C1=O. The van der Waals surface area contributed by atoms with E-state index < -0.39 is 29.5 Å². The van der Waals surface area contributed by atoms with Crippen LogP contribution in [0.25, 0.3) is 0 Å². The van der Waals surface area contributed by atoms with Crippen molar-refractivity contribution in [2.45, 2.75) is 24.7 Å². The minimum atomic E-state index is -0.955. The number of carbonyl (C=O) groups is 2. The van der Waals surface area contributed by atoms with Crippen molar-refractivity contribution in [3.63, 3.8) is 0 Å². The molecule has 1 aromatic carbocycles. The Bertz CT molecular complexity index is 670. The largest absolute Gasteiger partial charge is 0.481 e. The van der Waals surface area contributed by atoms with E-state index in [9.17, 15) is 14.7 Å². The summed E-state index contributed by atoms with van der Waals surface area (Å²) in [6, 6.07) is 9.67. The van der Waals surface area contributed by atoms with Crippen molar-refractivity contribution in [2.24, 2.45) is 11.8 Å². The van der Waals surface area contributed by atoms with Crippen LogP contribution in [0.2, 0.25) is 0 Å². The summed E-state index contributed by atoms with van der Waals surface area (Å²) in [6.07, 6.45) is 3.21. The van der Waals surface area contributed by atoms with Gasteiger partial charge in [0.05, 0.1) is 24.6 Å². The predicted octanol–water partition coefficient (Wildman–Crippen LogP) is 1.61. The standard InChI is InChI=1S/C17H17NO4/c1-10(11-5-3-2-4-6-11)18-9-17-8-7-12(22-17)13(16(20)21)14(17)15(18)19/h2-8,10,12-14H,9H2,1H3,(H,20,21)/t10-,12-,13+,14-,17-/m1/s1. The normalized spacial score (nSPS) is 36.7. The molecule has 3 aliphatic heterocycles. The highest BCUT2D eigenvalue weighted by Gasteiger charge is 2.67. The summed E-state index contributed by atoms with van der Waals surface area (Å²) >= 11 is 0. The highest BCUT2D eigenvalue weighted by atomic mass is 16.5. The molecule has 5 nitrogen and oxygen atoms in total. The summed E-state index contributed by atoms with van der Waals surface area (Å²) < 4.78 is 5.89. The Hall–Kier alpha value is -2.14. The summed E-state index contributed by atoms with van der Waals surface area (Å²) in [5.74, 6) is -2.45. The third kappa shape index (κ3) is 1.63. The molecule has 0 aliphatic carbocycles. The van der Waals surface area contributed by atoms with Gasteiger partial charge in [0.1, 0.15) is 11.5 Å². The van der Waals surface area contributed by atoms with E-state index in [1.165, 1.54) is 0 Å². The van der Waals surface area contributed by atoms with Crippen LogP contribution < -0.4 is 0 Å². The lowest BCUT2D eigenvalue weighted by molar-refractivity contribution is -0.148. The summed E-state index contributed by atoms with van der Waals surface area (Å²) in [4.78, 5) is 26.1. The fraction of sp³-hybridized carbons (Fsp3) is 0.412. The molecule has 114 valence electrons. The number of ether oxygens (including phenoxy) is 1. The van der Waals surface area contributed by atoms with Crippen molar-refractivity contribution >= 4 is 11.9 Å². The van der Waals surface area contributed by atoms with Crippen LogP contribution in [0.4, 0.5) is 0 Å². The number of nitrogens with zero attached hydrogens (tertiary/aromatic N) is 1. The molecule has 2 fully saturated rings. The van der Waals surface area contributed by atoms with E-state index in [1.807, 2.05) is 43.3 Å². The molecule has 0 radical (unpaired) electrons. The molecule has 5 atom stereocenters. The maximum Gasteiger partial charge on any atom is 0.310 e. The van der Waals surface area contributed by atoms with E-state index in [0.717, 1.165) is 5.56 Å². The zero-order chi connectivity index (χ0) is 15.5. The molecule has 3 aliphatic rings. The molecule has 0 aromatic heterocycles. The van der Waals surface area contributed by atoms with E-state index in [0.29, 0.717) is 6.54 Å². The van der Waals surface area contributed by atoms with Crippen LogP contribution in [0, 0.1) is 11.8 Å². The average molecular weight is 299 g/mol. The lowest BCUT2D eigenvalue weighted by Gasteiger charge is -2.27. The molecule has 5 heteroatoms. The van der Waals surface area contributed by atoms with Crippen LogP contribution in [-0.2, 0) is 14.3 Å². The van der Waals surface area contributed by atoms with E-state index >= 15 is 0 Å². The Kier molecular flexibility index (Phi) is 2.72. The Morgan fingerprint density at radius 3 is 2.82 bits per heavy atom. The summed E-state index contributed by atoms with van der Waals surface area (Å²) in [5.41, 5.74) is 0.283. The molecular formula is C17H17NO4. The number of carbonyl (C=O) groups excluding carboxylic acids is 1. The number of fused-ring (bicyclic) bond motifs is 1. The van der Waals surface area contributed by atoms with Gasteiger partial charge in [-0.1, -0.05) is 42.5 Å². The lowest BCUT2D eigenvalue weighted by Crippen LogP contribution is -2.39. The fourth-order valence-electron chi connectivity index (χ4n) is 4.05. The minimum absolute atomic E-state index is 0.0980. The van der Waals surface area contributed by atoms with Gasteiger partial charge in [-0.15, -0.1) is 0 Å². The van der Waals surface area contributed by atoms with Crippen LogP contribution in [0.1, 0.15) is 18.5 Å². The number of hydrogen-bond donors (Lipinski definition) is 1. The highest BCUT2D eigenvalue weighted by molar-refractivity contribution is 5.91. The number of amides is 1. The van der Waals surface area contributed by atoms with Crippen LogP contribution in [0.5, 0.6) is 0 Å². The molecule has 0 unspecified atom stereocenters. The van der Waals surface area contributed by atoms with Gasteiger partial charge in [0.2, 0.25) is 5.91 Å². The van der Waals surface area contributed by atoms with Gasteiger partial charge in [-0.3, -0.25) is 9.59 Å². The van der Waals surface area contributed by atoms with Crippen molar-refractivity contribution in [1.82, 2.24) is 4.90 Å². The van der Waals surface area contributed by atoms with Gasteiger partial charge in [0.15, 0.2) is 0 Å². The van der Waals surface area contributed by atoms with Gasteiger partial charge in [0.25, 0.3) is 0 Å². The molecule has 3 heterocycles. The Morgan fingerprint density at radius 2 is 2.14 bits per heavy atom. The van der Waals surface area contributed by atoms with Crippen molar-refractivity contribution in [3.05, 3.63) is 48.0 Å². The van der Waals surface area contributed by atoms with Gasteiger partial charge in [-0.05, 0) is 12.5 Å². The first-order valence-electron chi connectivity index (χ1n) is 7.49. The maximum atomic E-state index is 12.8. The number of hydrogen-bond acceptors (Lipinski definition) is 3. The van der Waals surface area contributed by atoms with E-state index in [-0.39, 0.29) is 11.9 Å². The summed E-state index contributed by atoms with van der Waals surface area (Å²) in [6.45, 7) is 2.39. The molecule has 1 N–H and O–H groups in total. The van der Waals surface area contributed by atoms with Crippen LogP contribution in [0.15, 0.2) is 42.5 Å². The summed E-state index contributed by atoms with van der Waals surface area (Å²) in [7, 11) is 0. The van der Waals surface area contributed by atoms with Gasteiger partial charge in [0, 0.05) is 0 Å². The number of likely N-dealkylation sites (tertiary alicyclic amines) is 1. The molecule has 2 bridgehead atoms. The Labute approximate surface area is 128 Å². The van der Waals surface area contributed by atoms with Crippen molar-refractivity contribution in [3.8, 4) is 0 Å². The van der Waals surface area contributed by atoms with Gasteiger partial charge >= 0.3 is 5.97 Å². The number of aliphatic carboxylic acids is 1. The van der Waals surface area contributed by atoms with Gasteiger partial charge < -0.3 is 14.7 Å². The lowest BCUT2D eigenvalue weighted by atomic mass is 9.77. The molecule has 1 spiro atoms. The molecule has 0 saturated carbocycles. The zero-order valence-corrected chi connectivity index (χ0v) is 12.2. The number of carboxylic acid groups (broad SMARTS) is 1. The Balaban J connectivity index is 1.68. The number of carboxylic acids is 1. The predicted molar refractivity (Wildman–Crippen MR) is 77.9 cm³/mol. The molecule has 2 saturated heterocycles. The fourth-order valence-corrected chi connectivity index (χ4v) is 4.05. The first-order valence-corrected chi connectivity index (χ1v) is 7.49. The number of benzene rings is 1. The molecule has 1 aromatic rings. The molecular weight excluding hydrogens is 282 g/mol. The molecule has 1 amide bonds. The molecule has 4 rings (SSSR count). The van der Waals surface area contributed by atoms with Crippen LogP contribution in [0.3, 0.4) is 0 Å².